The van der Waals surface area contributed by atoms with E-state index in [1.807, 2.05) is 19.1 Å². The predicted octanol–water partition coefficient (Wildman–Crippen LogP) is 4.96. The second kappa shape index (κ2) is 8.35. The lowest BCUT2D eigenvalue weighted by Crippen LogP contribution is -2.24. The molecular formula is C24H24N4O3S. The van der Waals surface area contributed by atoms with Gasteiger partial charge in [-0.05, 0) is 37.3 Å². The molecular weight excluding hydrogens is 424 g/mol. The molecule has 7 nitrogen and oxygen atoms in total. The number of carbonyl (C=O) groups excluding carboxylic acids is 1. The van der Waals surface area contributed by atoms with E-state index < -0.39 is 0 Å². The van der Waals surface area contributed by atoms with E-state index in [2.05, 4.69) is 29.5 Å². The van der Waals surface area contributed by atoms with Crippen LogP contribution in [0.15, 0.2) is 39.6 Å². The molecule has 1 amide bonds. The molecule has 1 aromatic carbocycles. The van der Waals surface area contributed by atoms with Crippen molar-refractivity contribution in [2.24, 2.45) is 0 Å². The highest BCUT2D eigenvalue weighted by Crippen LogP contribution is 2.30. The van der Waals surface area contributed by atoms with Gasteiger partial charge in [-0.25, -0.2) is 4.98 Å². The molecule has 0 spiro atoms. The van der Waals surface area contributed by atoms with Crippen LogP contribution in [-0.2, 0) is 19.4 Å². The maximum Gasteiger partial charge on any atom is 0.268 e. The Morgan fingerprint density at radius 3 is 2.81 bits per heavy atom. The van der Waals surface area contributed by atoms with E-state index in [9.17, 15) is 9.59 Å². The standard InChI is InChI=1S/C24H24N4O3S/c1-3-15-8-10-16(11-9-15)17-13-19(31-27-17)26-22(29)21-14(2)20-23(32-21)25-18-7-5-4-6-12-28(18)24(20)30/h8-11,13H,3-7,12H2,1-2H3,(H,26,29). The fourth-order valence-corrected chi connectivity index (χ4v) is 5.26. The fraction of sp³-hybridized carbons (Fsp3) is 0.333. The Labute approximate surface area is 189 Å². The molecule has 0 bridgehead atoms. The Morgan fingerprint density at radius 1 is 1.22 bits per heavy atom. The summed E-state index contributed by atoms with van der Waals surface area (Å²) in [4.78, 5) is 31.9. The molecule has 4 heterocycles. The number of thiophene rings is 1. The van der Waals surface area contributed by atoms with E-state index in [4.69, 9.17) is 9.51 Å². The second-order valence-electron chi connectivity index (χ2n) is 8.11. The Morgan fingerprint density at radius 2 is 2.03 bits per heavy atom. The summed E-state index contributed by atoms with van der Waals surface area (Å²) in [7, 11) is 0. The SMILES string of the molecule is CCc1ccc(-c2cc(NC(=O)c3sc4nc5n(c(=O)c4c3C)CCCCC5)on2)cc1. The van der Waals surface area contributed by atoms with E-state index in [0.717, 1.165) is 43.5 Å². The Bertz CT molecular complexity index is 1360. The summed E-state index contributed by atoms with van der Waals surface area (Å²) >= 11 is 1.25. The van der Waals surface area contributed by atoms with Gasteiger partial charge < -0.3 is 4.52 Å². The van der Waals surface area contributed by atoms with E-state index in [1.165, 1.54) is 16.9 Å². The second-order valence-corrected chi connectivity index (χ2v) is 9.11. The van der Waals surface area contributed by atoms with Gasteiger partial charge in [-0.3, -0.25) is 19.5 Å². The summed E-state index contributed by atoms with van der Waals surface area (Å²) in [5.41, 5.74) is 3.43. The maximum atomic E-state index is 13.1. The van der Waals surface area contributed by atoms with Crippen molar-refractivity contribution in [1.82, 2.24) is 14.7 Å². The largest absolute Gasteiger partial charge is 0.338 e. The minimum Gasteiger partial charge on any atom is -0.338 e. The highest BCUT2D eigenvalue weighted by atomic mass is 32.1. The highest BCUT2D eigenvalue weighted by molar-refractivity contribution is 7.20. The number of hydrogen-bond acceptors (Lipinski definition) is 6. The summed E-state index contributed by atoms with van der Waals surface area (Å²) in [6, 6.07) is 9.78. The molecule has 0 radical (unpaired) electrons. The Kier molecular flexibility index (Phi) is 5.38. The molecule has 0 aliphatic carbocycles. The number of aryl methyl sites for hydroxylation is 3. The van der Waals surface area contributed by atoms with E-state index in [-0.39, 0.29) is 17.4 Å². The van der Waals surface area contributed by atoms with Gasteiger partial charge in [0.25, 0.3) is 11.5 Å². The maximum absolute atomic E-state index is 13.1. The molecule has 1 N–H and O–H groups in total. The molecule has 164 valence electrons. The zero-order valence-electron chi connectivity index (χ0n) is 18.1. The van der Waals surface area contributed by atoms with Gasteiger partial charge in [0.2, 0.25) is 5.88 Å². The van der Waals surface area contributed by atoms with Crippen LogP contribution in [0.1, 0.15) is 52.8 Å². The molecule has 0 fully saturated rings. The smallest absolute Gasteiger partial charge is 0.268 e. The van der Waals surface area contributed by atoms with Crippen molar-refractivity contribution in [1.29, 1.82) is 0 Å². The number of anilines is 1. The minimum atomic E-state index is -0.325. The van der Waals surface area contributed by atoms with Crippen LogP contribution in [-0.4, -0.2) is 20.6 Å². The number of hydrogen-bond donors (Lipinski definition) is 1. The van der Waals surface area contributed by atoms with Gasteiger partial charge in [-0.15, -0.1) is 11.3 Å². The van der Waals surface area contributed by atoms with Crippen molar-refractivity contribution >= 4 is 33.3 Å². The number of fused-ring (bicyclic) bond motifs is 2. The van der Waals surface area contributed by atoms with Crippen molar-refractivity contribution < 1.29 is 9.32 Å². The number of amides is 1. The van der Waals surface area contributed by atoms with Crippen LogP contribution in [0.5, 0.6) is 0 Å². The van der Waals surface area contributed by atoms with Gasteiger partial charge in [-0.1, -0.05) is 42.8 Å². The van der Waals surface area contributed by atoms with Crippen LogP contribution in [0, 0.1) is 6.92 Å². The molecule has 4 aromatic rings. The zero-order chi connectivity index (χ0) is 22.2. The van der Waals surface area contributed by atoms with Gasteiger partial charge in [0.05, 0.1) is 10.3 Å². The lowest BCUT2D eigenvalue weighted by molar-refractivity contribution is 0.102. The Balaban J connectivity index is 1.43. The third-order valence-electron chi connectivity index (χ3n) is 6.02. The van der Waals surface area contributed by atoms with Crippen LogP contribution < -0.4 is 10.9 Å². The first-order valence-electron chi connectivity index (χ1n) is 11.0. The number of carbonyl (C=O) groups is 1. The van der Waals surface area contributed by atoms with Crippen molar-refractivity contribution in [2.45, 2.75) is 52.5 Å². The average molecular weight is 449 g/mol. The highest BCUT2D eigenvalue weighted by Gasteiger charge is 2.23. The molecule has 1 aliphatic heterocycles. The van der Waals surface area contributed by atoms with Gasteiger partial charge in [-0.2, -0.15) is 0 Å². The van der Waals surface area contributed by atoms with Crippen LogP contribution in [0.25, 0.3) is 21.5 Å². The lowest BCUT2D eigenvalue weighted by Gasteiger charge is -2.08. The first kappa shape index (κ1) is 20.6. The number of nitrogens with one attached hydrogen (secondary N) is 1. The average Bonchev–Trinajstić information content (AvgIpc) is 3.31. The third-order valence-corrected chi connectivity index (χ3v) is 7.21. The summed E-state index contributed by atoms with van der Waals surface area (Å²) in [5.74, 6) is 0.762. The van der Waals surface area contributed by atoms with Gasteiger partial charge >= 0.3 is 0 Å². The number of nitrogens with zero attached hydrogens (tertiary/aromatic N) is 3. The third kappa shape index (κ3) is 3.64. The lowest BCUT2D eigenvalue weighted by atomic mass is 10.1. The molecule has 8 heteroatoms. The number of rotatable bonds is 4. The van der Waals surface area contributed by atoms with Crippen LogP contribution >= 0.6 is 11.3 Å². The first-order valence-corrected chi connectivity index (χ1v) is 11.8. The summed E-state index contributed by atoms with van der Waals surface area (Å²) < 4.78 is 7.12. The summed E-state index contributed by atoms with van der Waals surface area (Å²) in [5, 5.41) is 7.40. The summed E-state index contributed by atoms with van der Waals surface area (Å²) in [6.07, 6.45) is 4.88. The zero-order valence-corrected chi connectivity index (χ0v) is 18.9. The predicted molar refractivity (Wildman–Crippen MR) is 125 cm³/mol. The van der Waals surface area contributed by atoms with E-state index >= 15 is 0 Å². The topological polar surface area (TPSA) is 90.0 Å². The number of aromatic nitrogens is 3. The van der Waals surface area contributed by atoms with E-state index in [1.54, 1.807) is 10.6 Å². The van der Waals surface area contributed by atoms with Gasteiger partial charge in [0.1, 0.15) is 16.3 Å². The van der Waals surface area contributed by atoms with Crippen LogP contribution in [0.3, 0.4) is 0 Å². The fourth-order valence-electron chi connectivity index (χ4n) is 4.18. The molecule has 1 aliphatic rings. The first-order chi connectivity index (χ1) is 15.5. The van der Waals surface area contributed by atoms with Crippen molar-refractivity contribution in [2.75, 3.05) is 5.32 Å². The monoisotopic (exact) mass is 448 g/mol. The number of benzene rings is 1. The van der Waals surface area contributed by atoms with E-state index in [0.29, 0.717) is 32.9 Å². The van der Waals surface area contributed by atoms with Crippen molar-refractivity contribution in [3.8, 4) is 11.3 Å². The molecule has 0 unspecified atom stereocenters. The van der Waals surface area contributed by atoms with Gasteiger partial charge in [0.15, 0.2) is 0 Å². The molecule has 0 saturated heterocycles. The molecule has 0 saturated carbocycles. The summed E-state index contributed by atoms with van der Waals surface area (Å²) in [6.45, 7) is 4.60. The van der Waals surface area contributed by atoms with Crippen molar-refractivity contribution in [3.63, 3.8) is 0 Å². The molecule has 0 atom stereocenters. The molecule has 3 aromatic heterocycles. The van der Waals surface area contributed by atoms with Crippen LogP contribution in [0.4, 0.5) is 5.88 Å². The van der Waals surface area contributed by atoms with Crippen LogP contribution in [0.2, 0.25) is 0 Å². The normalized spacial score (nSPS) is 13.7. The molecule has 5 rings (SSSR count). The molecule has 32 heavy (non-hydrogen) atoms. The van der Waals surface area contributed by atoms with Gasteiger partial charge in [0, 0.05) is 24.6 Å². The van der Waals surface area contributed by atoms with Crippen molar-refractivity contribution in [3.05, 3.63) is 62.5 Å². The Hall–Kier alpha value is -3.26. The minimum absolute atomic E-state index is 0.0443. The quantitative estimate of drug-likeness (QED) is 0.476.